The van der Waals surface area contributed by atoms with Crippen molar-refractivity contribution in [3.63, 3.8) is 0 Å². The average Bonchev–Trinajstić information content (AvgIpc) is 2.97. The van der Waals surface area contributed by atoms with Gasteiger partial charge in [-0.3, -0.25) is 14.5 Å². The molecular weight excluding hydrogens is 358 g/mol. The molecule has 1 aliphatic carbocycles. The average molecular weight is 382 g/mol. The molecular formula is C19H24F2N2O4. The zero-order valence-electron chi connectivity index (χ0n) is 15.1. The fourth-order valence-electron chi connectivity index (χ4n) is 4.25. The molecule has 8 heteroatoms. The third-order valence-corrected chi connectivity index (χ3v) is 5.75. The highest BCUT2D eigenvalue weighted by atomic mass is 19.2. The number of likely N-dealkylation sites (N-methyl/N-ethyl adjacent to an activating group) is 1. The maximum atomic E-state index is 14.4. The highest BCUT2D eigenvalue weighted by molar-refractivity contribution is 5.83. The van der Waals surface area contributed by atoms with Crippen molar-refractivity contribution in [1.82, 2.24) is 10.2 Å². The van der Waals surface area contributed by atoms with Gasteiger partial charge in [0.2, 0.25) is 5.91 Å². The van der Waals surface area contributed by atoms with E-state index in [0.717, 1.165) is 6.07 Å². The molecule has 1 amide bonds. The van der Waals surface area contributed by atoms with Crippen molar-refractivity contribution < 1.29 is 28.6 Å². The van der Waals surface area contributed by atoms with E-state index >= 15 is 0 Å². The van der Waals surface area contributed by atoms with Gasteiger partial charge in [0.05, 0.1) is 18.1 Å². The molecule has 1 saturated carbocycles. The van der Waals surface area contributed by atoms with Gasteiger partial charge in [-0.2, -0.15) is 0 Å². The van der Waals surface area contributed by atoms with Crippen molar-refractivity contribution in [2.24, 2.45) is 5.92 Å². The van der Waals surface area contributed by atoms with Gasteiger partial charge < -0.3 is 15.5 Å². The number of aliphatic hydroxyl groups excluding tert-OH is 1. The minimum atomic E-state index is -1.10. The maximum absolute atomic E-state index is 14.4. The molecule has 1 aromatic rings. The predicted molar refractivity (Wildman–Crippen MR) is 92.8 cm³/mol. The van der Waals surface area contributed by atoms with Gasteiger partial charge in [0.15, 0.2) is 11.6 Å². The number of nitrogens with one attached hydrogen (secondary N) is 1. The third kappa shape index (κ3) is 3.96. The van der Waals surface area contributed by atoms with E-state index in [1.54, 1.807) is 0 Å². The Morgan fingerprint density at radius 3 is 2.48 bits per heavy atom. The summed E-state index contributed by atoms with van der Waals surface area (Å²) in [5.41, 5.74) is -0.0135. The second-order valence-electron chi connectivity index (χ2n) is 7.46. The number of aliphatic carboxylic acids is 1. The van der Waals surface area contributed by atoms with Crippen molar-refractivity contribution in [1.29, 1.82) is 0 Å². The number of hydrogen-bond donors (Lipinski definition) is 3. The Morgan fingerprint density at radius 2 is 1.85 bits per heavy atom. The molecule has 0 bridgehead atoms. The van der Waals surface area contributed by atoms with Crippen molar-refractivity contribution in [2.75, 3.05) is 7.05 Å². The molecule has 6 nitrogen and oxygen atoms in total. The largest absolute Gasteiger partial charge is 0.480 e. The summed E-state index contributed by atoms with van der Waals surface area (Å²) in [5, 5.41) is 22.0. The van der Waals surface area contributed by atoms with Gasteiger partial charge in [0.25, 0.3) is 0 Å². The van der Waals surface area contributed by atoms with Gasteiger partial charge in [-0.1, -0.05) is 12.1 Å². The molecule has 3 atom stereocenters. The lowest BCUT2D eigenvalue weighted by atomic mass is 9.89. The SMILES string of the molecule is CN1[C@H](C(=O)O)C[C@H](C(=O)NC2CCC(O)CC2)[C@@H]1c1cccc(F)c1F. The summed E-state index contributed by atoms with van der Waals surface area (Å²) in [6.45, 7) is 0. The van der Waals surface area contributed by atoms with E-state index in [1.807, 2.05) is 0 Å². The highest BCUT2D eigenvalue weighted by Gasteiger charge is 2.48. The molecule has 3 rings (SSSR count). The summed E-state index contributed by atoms with van der Waals surface area (Å²) in [7, 11) is 1.51. The maximum Gasteiger partial charge on any atom is 0.320 e. The predicted octanol–water partition coefficient (Wildman–Crippen LogP) is 1.83. The minimum Gasteiger partial charge on any atom is -0.480 e. The van der Waals surface area contributed by atoms with Crippen LogP contribution in [-0.2, 0) is 9.59 Å². The second kappa shape index (κ2) is 7.90. The zero-order chi connectivity index (χ0) is 19.7. The molecule has 0 spiro atoms. The fourth-order valence-corrected chi connectivity index (χ4v) is 4.25. The first kappa shape index (κ1) is 19.7. The summed E-state index contributed by atoms with van der Waals surface area (Å²) >= 11 is 0. The van der Waals surface area contributed by atoms with Crippen molar-refractivity contribution in [3.8, 4) is 0 Å². The van der Waals surface area contributed by atoms with Crippen LogP contribution >= 0.6 is 0 Å². The summed E-state index contributed by atoms with van der Waals surface area (Å²) in [5.74, 6) is -4.35. The quantitative estimate of drug-likeness (QED) is 0.739. The monoisotopic (exact) mass is 382 g/mol. The zero-order valence-corrected chi connectivity index (χ0v) is 15.1. The van der Waals surface area contributed by atoms with Gasteiger partial charge >= 0.3 is 5.97 Å². The molecule has 1 heterocycles. The summed E-state index contributed by atoms with van der Waals surface area (Å²) in [6, 6.07) is 1.81. The molecule has 1 saturated heterocycles. The smallest absolute Gasteiger partial charge is 0.320 e. The van der Waals surface area contributed by atoms with E-state index in [2.05, 4.69) is 5.32 Å². The number of rotatable bonds is 4. The van der Waals surface area contributed by atoms with Crippen LogP contribution in [0.15, 0.2) is 18.2 Å². The van der Waals surface area contributed by atoms with Gasteiger partial charge in [0, 0.05) is 11.6 Å². The number of carboxylic acids is 1. The molecule has 0 radical (unpaired) electrons. The van der Waals surface area contributed by atoms with Gasteiger partial charge in [-0.25, -0.2) is 8.78 Å². The molecule has 3 N–H and O–H groups in total. The van der Waals surface area contributed by atoms with Crippen LogP contribution in [0.5, 0.6) is 0 Å². The molecule has 1 aromatic carbocycles. The summed E-state index contributed by atoms with van der Waals surface area (Å²) < 4.78 is 28.1. The van der Waals surface area contributed by atoms with Crippen LogP contribution in [-0.4, -0.2) is 52.2 Å². The van der Waals surface area contributed by atoms with E-state index < -0.39 is 35.6 Å². The summed E-state index contributed by atoms with van der Waals surface area (Å²) in [4.78, 5) is 25.9. The first-order valence-electron chi connectivity index (χ1n) is 9.16. The Bertz CT molecular complexity index is 722. The number of hydrogen-bond acceptors (Lipinski definition) is 4. The Hall–Kier alpha value is -2.06. The van der Waals surface area contributed by atoms with Crippen LogP contribution in [0.25, 0.3) is 0 Å². The fraction of sp³-hybridized carbons (Fsp3) is 0.579. The van der Waals surface area contributed by atoms with Crippen LogP contribution in [0.2, 0.25) is 0 Å². The second-order valence-corrected chi connectivity index (χ2v) is 7.46. The molecule has 2 aliphatic rings. The molecule has 2 fully saturated rings. The lowest BCUT2D eigenvalue weighted by molar-refractivity contribution is -0.142. The van der Waals surface area contributed by atoms with Crippen LogP contribution in [0, 0.1) is 17.6 Å². The normalized spacial score (nSPS) is 31.6. The first-order chi connectivity index (χ1) is 12.8. The topological polar surface area (TPSA) is 89.9 Å². The number of aliphatic hydroxyl groups is 1. The number of carbonyl (C=O) groups is 2. The highest BCUT2D eigenvalue weighted by Crippen LogP contribution is 2.41. The van der Waals surface area contributed by atoms with E-state index in [0.29, 0.717) is 25.7 Å². The van der Waals surface area contributed by atoms with Gasteiger partial charge in [-0.15, -0.1) is 0 Å². The van der Waals surface area contributed by atoms with Crippen LogP contribution in [0.3, 0.4) is 0 Å². The Morgan fingerprint density at radius 1 is 1.19 bits per heavy atom. The van der Waals surface area contributed by atoms with Crippen molar-refractivity contribution >= 4 is 11.9 Å². The lowest BCUT2D eigenvalue weighted by Gasteiger charge is -2.30. The van der Waals surface area contributed by atoms with Crippen molar-refractivity contribution in [3.05, 3.63) is 35.4 Å². The molecule has 1 aliphatic heterocycles. The first-order valence-corrected chi connectivity index (χ1v) is 9.16. The molecule has 27 heavy (non-hydrogen) atoms. The Labute approximate surface area is 156 Å². The van der Waals surface area contributed by atoms with E-state index in [-0.39, 0.29) is 30.0 Å². The third-order valence-electron chi connectivity index (χ3n) is 5.75. The number of carboxylic acid groups (broad SMARTS) is 1. The number of amides is 1. The van der Waals surface area contributed by atoms with Crippen LogP contribution < -0.4 is 5.32 Å². The lowest BCUT2D eigenvalue weighted by Crippen LogP contribution is -2.43. The van der Waals surface area contributed by atoms with E-state index in [1.165, 1.54) is 24.1 Å². The number of carbonyl (C=O) groups excluding carboxylic acids is 1. The molecule has 0 aromatic heterocycles. The Balaban J connectivity index is 1.85. The van der Waals surface area contributed by atoms with Crippen LogP contribution in [0.1, 0.15) is 43.7 Å². The molecule has 148 valence electrons. The minimum absolute atomic E-state index is 0.0135. The Kier molecular flexibility index (Phi) is 5.76. The molecule has 0 unspecified atom stereocenters. The van der Waals surface area contributed by atoms with Crippen molar-refractivity contribution in [2.45, 2.75) is 56.3 Å². The number of nitrogens with zero attached hydrogens (tertiary/aromatic N) is 1. The standard InChI is InChI=1S/C19H24F2N2O4/c1-23-15(19(26)27)9-13(17(23)12-3-2-4-14(20)16(12)21)18(25)22-10-5-7-11(24)8-6-10/h2-4,10-11,13,15,17,24H,5-9H2,1H3,(H,22,25)(H,26,27)/t10?,11?,13-,15-,17-/m0/s1. The summed E-state index contributed by atoms with van der Waals surface area (Å²) in [6.07, 6.45) is 2.12. The number of likely N-dealkylation sites (tertiary alicyclic amines) is 1. The van der Waals surface area contributed by atoms with E-state index in [9.17, 15) is 28.6 Å². The van der Waals surface area contributed by atoms with Crippen LogP contribution in [0.4, 0.5) is 8.78 Å². The van der Waals surface area contributed by atoms with Gasteiger partial charge in [0.1, 0.15) is 6.04 Å². The number of halogens is 2. The number of benzene rings is 1. The van der Waals surface area contributed by atoms with E-state index in [4.69, 9.17) is 0 Å². The van der Waals surface area contributed by atoms with Gasteiger partial charge in [-0.05, 0) is 45.2 Å².